The molecule has 1 heterocycles. The van der Waals surface area contributed by atoms with E-state index in [4.69, 9.17) is 4.74 Å². The number of carbonyl (C=O) groups excluding carboxylic acids is 1. The summed E-state index contributed by atoms with van der Waals surface area (Å²) in [5, 5.41) is 3.08. The van der Waals surface area contributed by atoms with E-state index >= 15 is 0 Å². The SMILES string of the molecule is O=C(Nc1ccccc1Br)C1(c2ccccc2)CCOCC1. The highest BCUT2D eigenvalue weighted by Gasteiger charge is 2.41. The predicted octanol–water partition coefficient (Wildman–Crippen LogP) is 4.14. The highest BCUT2D eigenvalue weighted by Crippen LogP contribution is 2.36. The smallest absolute Gasteiger partial charge is 0.235 e. The molecule has 1 fully saturated rings. The van der Waals surface area contributed by atoms with Crippen LogP contribution in [0.2, 0.25) is 0 Å². The molecule has 0 saturated carbocycles. The lowest BCUT2D eigenvalue weighted by Crippen LogP contribution is -2.44. The van der Waals surface area contributed by atoms with Crippen molar-refractivity contribution in [3.05, 3.63) is 64.6 Å². The van der Waals surface area contributed by atoms with Crippen LogP contribution in [-0.2, 0) is 14.9 Å². The van der Waals surface area contributed by atoms with Gasteiger partial charge < -0.3 is 10.1 Å². The largest absolute Gasteiger partial charge is 0.381 e. The van der Waals surface area contributed by atoms with Crippen LogP contribution in [0.25, 0.3) is 0 Å². The molecular weight excluding hydrogens is 342 g/mol. The summed E-state index contributed by atoms with van der Waals surface area (Å²) >= 11 is 3.48. The molecule has 2 aromatic carbocycles. The number of ether oxygens (including phenoxy) is 1. The van der Waals surface area contributed by atoms with Crippen molar-refractivity contribution in [3.63, 3.8) is 0 Å². The van der Waals surface area contributed by atoms with Gasteiger partial charge in [0.25, 0.3) is 0 Å². The minimum absolute atomic E-state index is 0.0360. The highest BCUT2D eigenvalue weighted by atomic mass is 79.9. The van der Waals surface area contributed by atoms with Gasteiger partial charge in [-0.25, -0.2) is 0 Å². The standard InChI is InChI=1S/C18H18BrNO2/c19-15-8-4-5-9-16(15)20-17(21)18(10-12-22-13-11-18)14-6-2-1-3-7-14/h1-9H,10-13H2,(H,20,21). The van der Waals surface area contributed by atoms with Crippen molar-refractivity contribution >= 4 is 27.5 Å². The van der Waals surface area contributed by atoms with Crippen molar-refractivity contribution in [2.24, 2.45) is 0 Å². The van der Waals surface area contributed by atoms with Crippen LogP contribution in [0, 0.1) is 0 Å². The number of rotatable bonds is 3. The molecule has 4 heteroatoms. The van der Waals surface area contributed by atoms with Gasteiger partial charge in [0.05, 0.1) is 11.1 Å². The van der Waals surface area contributed by atoms with Gasteiger partial charge in [0.15, 0.2) is 0 Å². The van der Waals surface area contributed by atoms with Crippen LogP contribution in [0.1, 0.15) is 18.4 Å². The van der Waals surface area contributed by atoms with Crippen LogP contribution >= 0.6 is 15.9 Å². The van der Waals surface area contributed by atoms with Crippen LogP contribution in [0.15, 0.2) is 59.1 Å². The van der Waals surface area contributed by atoms with Gasteiger partial charge in [0.2, 0.25) is 5.91 Å². The van der Waals surface area contributed by atoms with Crippen molar-refractivity contribution in [3.8, 4) is 0 Å². The summed E-state index contributed by atoms with van der Waals surface area (Å²) in [6, 6.07) is 17.7. The first-order valence-corrected chi connectivity index (χ1v) is 8.21. The fraction of sp³-hybridized carbons (Fsp3) is 0.278. The Labute approximate surface area is 138 Å². The number of halogens is 1. The van der Waals surface area contributed by atoms with Crippen LogP contribution in [-0.4, -0.2) is 19.1 Å². The van der Waals surface area contributed by atoms with Gasteiger partial charge in [0, 0.05) is 17.7 Å². The molecule has 0 unspecified atom stereocenters. The van der Waals surface area contributed by atoms with Crippen LogP contribution < -0.4 is 5.32 Å². The van der Waals surface area contributed by atoms with Gasteiger partial charge in [-0.3, -0.25) is 4.79 Å². The monoisotopic (exact) mass is 359 g/mol. The van der Waals surface area contributed by atoms with Gasteiger partial charge in [-0.05, 0) is 46.5 Å². The molecule has 1 N–H and O–H groups in total. The minimum atomic E-state index is -0.519. The summed E-state index contributed by atoms with van der Waals surface area (Å²) in [6.07, 6.45) is 1.40. The molecule has 22 heavy (non-hydrogen) atoms. The first kappa shape index (κ1) is 15.3. The summed E-state index contributed by atoms with van der Waals surface area (Å²) in [5.41, 5.74) is 1.34. The lowest BCUT2D eigenvalue weighted by Gasteiger charge is -2.36. The minimum Gasteiger partial charge on any atom is -0.381 e. The second-order valence-electron chi connectivity index (χ2n) is 5.49. The van der Waals surface area contributed by atoms with Gasteiger partial charge in [0.1, 0.15) is 0 Å². The number of hydrogen-bond acceptors (Lipinski definition) is 2. The van der Waals surface area contributed by atoms with Crippen molar-refractivity contribution in [2.75, 3.05) is 18.5 Å². The van der Waals surface area contributed by atoms with E-state index in [1.807, 2.05) is 54.6 Å². The molecule has 114 valence electrons. The molecule has 1 aliphatic rings. The zero-order valence-electron chi connectivity index (χ0n) is 12.2. The lowest BCUT2D eigenvalue weighted by molar-refractivity contribution is -0.125. The van der Waals surface area contributed by atoms with Crippen LogP contribution in [0.3, 0.4) is 0 Å². The maximum Gasteiger partial charge on any atom is 0.235 e. The Balaban J connectivity index is 1.93. The molecule has 3 nitrogen and oxygen atoms in total. The normalized spacial score (nSPS) is 17.0. The fourth-order valence-corrected chi connectivity index (χ4v) is 3.31. The highest BCUT2D eigenvalue weighted by molar-refractivity contribution is 9.10. The summed E-state index contributed by atoms with van der Waals surface area (Å²) in [5.74, 6) is 0.0360. The molecular formula is C18H18BrNO2. The molecule has 2 aromatic rings. The van der Waals surface area contributed by atoms with E-state index in [9.17, 15) is 4.79 Å². The number of anilines is 1. The zero-order chi connectivity index (χ0) is 15.4. The van der Waals surface area contributed by atoms with Crippen LogP contribution in [0.4, 0.5) is 5.69 Å². The first-order valence-electron chi connectivity index (χ1n) is 7.42. The lowest BCUT2D eigenvalue weighted by atomic mass is 9.73. The van der Waals surface area contributed by atoms with E-state index in [0.29, 0.717) is 26.1 Å². The average molecular weight is 360 g/mol. The topological polar surface area (TPSA) is 38.3 Å². The quantitative estimate of drug-likeness (QED) is 0.894. The maximum atomic E-state index is 13.1. The second-order valence-corrected chi connectivity index (χ2v) is 6.35. The second kappa shape index (κ2) is 6.63. The number of benzene rings is 2. The van der Waals surface area contributed by atoms with E-state index < -0.39 is 5.41 Å². The molecule has 1 saturated heterocycles. The molecule has 3 rings (SSSR count). The Morgan fingerprint density at radius 1 is 1.00 bits per heavy atom. The van der Waals surface area contributed by atoms with Gasteiger partial charge in [-0.15, -0.1) is 0 Å². The van der Waals surface area contributed by atoms with Gasteiger partial charge in [-0.2, -0.15) is 0 Å². The van der Waals surface area contributed by atoms with E-state index in [-0.39, 0.29) is 5.91 Å². The van der Waals surface area contributed by atoms with Crippen LogP contribution in [0.5, 0.6) is 0 Å². The third kappa shape index (κ3) is 2.94. The summed E-state index contributed by atoms with van der Waals surface area (Å²) < 4.78 is 6.37. The van der Waals surface area contributed by atoms with E-state index in [1.54, 1.807) is 0 Å². The molecule has 0 aromatic heterocycles. The Morgan fingerprint density at radius 3 is 2.32 bits per heavy atom. The van der Waals surface area contributed by atoms with E-state index in [2.05, 4.69) is 21.2 Å². The summed E-state index contributed by atoms with van der Waals surface area (Å²) in [4.78, 5) is 13.1. The van der Waals surface area contributed by atoms with Crippen molar-refractivity contribution < 1.29 is 9.53 Å². The Hall–Kier alpha value is -1.65. The number of carbonyl (C=O) groups is 1. The summed E-state index contributed by atoms with van der Waals surface area (Å²) in [6.45, 7) is 1.22. The zero-order valence-corrected chi connectivity index (χ0v) is 13.8. The van der Waals surface area contributed by atoms with Crippen molar-refractivity contribution in [1.82, 2.24) is 0 Å². The Kier molecular flexibility index (Phi) is 4.60. The fourth-order valence-electron chi connectivity index (χ4n) is 2.93. The predicted molar refractivity (Wildman–Crippen MR) is 90.9 cm³/mol. The molecule has 1 aliphatic heterocycles. The first-order chi connectivity index (χ1) is 10.7. The number of hydrogen-bond donors (Lipinski definition) is 1. The van der Waals surface area contributed by atoms with Gasteiger partial charge in [-0.1, -0.05) is 42.5 Å². The van der Waals surface area contributed by atoms with Gasteiger partial charge >= 0.3 is 0 Å². The molecule has 1 amide bonds. The van der Waals surface area contributed by atoms with Crippen molar-refractivity contribution in [1.29, 1.82) is 0 Å². The Morgan fingerprint density at radius 2 is 1.64 bits per heavy atom. The summed E-state index contributed by atoms with van der Waals surface area (Å²) in [7, 11) is 0. The maximum absolute atomic E-state index is 13.1. The Bertz CT molecular complexity index is 651. The molecule has 0 bridgehead atoms. The molecule has 0 atom stereocenters. The third-order valence-corrected chi connectivity index (χ3v) is 4.92. The average Bonchev–Trinajstić information content (AvgIpc) is 2.58. The number of nitrogens with one attached hydrogen (secondary N) is 1. The molecule has 0 spiro atoms. The number of amides is 1. The third-order valence-electron chi connectivity index (χ3n) is 4.23. The van der Waals surface area contributed by atoms with Crippen molar-refractivity contribution in [2.45, 2.75) is 18.3 Å². The van der Waals surface area contributed by atoms with E-state index in [1.165, 1.54) is 0 Å². The molecule has 0 radical (unpaired) electrons. The number of para-hydroxylation sites is 1. The molecule has 0 aliphatic carbocycles. The van der Waals surface area contributed by atoms with E-state index in [0.717, 1.165) is 15.7 Å².